The Kier molecular flexibility index (Phi) is 5.67. The summed E-state index contributed by atoms with van der Waals surface area (Å²) in [5.74, 6) is 1.85. The first-order valence-electron chi connectivity index (χ1n) is 8.46. The van der Waals surface area contributed by atoms with Crippen molar-refractivity contribution in [3.63, 3.8) is 0 Å². The van der Waals surface area contributed by atoms with Gasteiger partial charge in [0, 0.05) is 18.7 Å². The van der Waals surface area contributed by atoms with Crippen molar-refractivity contribution in [1.29, 1.82) is 0 Å². The Bertz CT molecular complexity index is 907. The number of aryl methyl sites for hydroxylation is 1. The summed E-state index contributed by atoms with van der Waals surface area (Å²) in [4.78, 5) is 21.2. The van der Waals surface area contributed by atoms with Gasteiger partial charge in [0.25, 0.3) is 5.78 Å². The molecule has 8 nitrogen and oxygen atoms in total. The third kappa shape index (κ3) is 3.93. The zero-order chi connectivity index (χ0) is 18.5. The molecule has 3 rings (SSSR count). The van der Waals surface area contributed by atoms with E-state index in [1.54, 1.807) is 4.40 Å². The average Bonchev–Trinajstić information content (AvgIpc) is 3.04. The Morgan fingerprint density at radius 1 is 1.08 bits per heavy atom. The van der Waals surface area contributed by atoms with E-state index in [0.29, 0.717) is 41.5 Å². The van der Waals surface area contributed by atoms with Crippen LogP contribution in [0.3, 0.4) is 0 Å². The molecular weight excluding hydrogens is 350 g/mol. The topological polar surface area (TPSA) is 97.1 Å². The molecule has 0 aliphatic carbocycles. The van der Waals surface area contributed by atoms with Gasteiger partial charge in [0.2, 0.25) is 11.9 Å². The summed E-state index contributed by atoms with van der Waals surface area (Å²) >= 11 is 1.32. The first kappa shape index (κ1) is 18.1. The Morgan fingerprint density at radius 2 is 1.81 bits per heavy atom. The molecule has 3 aromatic rings. The number of aromatic nitrogens is 5. The van der Waals surface area contributed by atoms with E-state index in [1.807, 2.05) is 45.0 Å². The minimum absolute atomic E-state index is 0.0435. The predicted molar refractivity (Wildman–Crippen MR) is 103 cm³/mol. The van der Waals surface area contributed by atoms with E-state index in [-0.39, 0.29) is 11.5 Å². The van der Waals surface area contributed by atoms with Crippen LogP contribution in [0, 0.1) is 6.92 Å². The van der Waals surface area contributed by atoms with Gasteiger partial charge in [0.05, 0.1) is 5.75 Å². The minimum Gasteiger partial charge on any atom is -0.355 e. The van der Waals surface area contributed by atoms with Crippen molar-refractivity contribution < 1.29 is 4.79 Å². The summed E-state index contributed by atoms with van der Waals surface area (Å²) in [6, 6.07) is 7.56. The van der Waals surface area contributed by atoms with Gasteiger partial charge in [-0.05, 0) is 20.8 Å². The van der Waals surface area contributed by atoms with Gasteiger partial charge in [0.1, 0.15) is 0 Å². The lowest BCUT2D eigenvalue weighted by molar-refractivity contribution is 0.102. The number of ketones is 1. The lowest BCUT2D eigenvalue weighted by Gasteiger charge is -2.09. The number of nitrogens with zero attached hydrogens (tertiary/aromatic N) is 5. The molecule has 1 aromatic carbocycles. The Labute approximate surface area is 155 Å². The van der Waals surface area contributed by atoms with Crippen molar-refractivity contribution in [2.24, 2.45) is 0 Å². The Balaban J connectivity index is 1.83. The Hall–Kier alpha value is -2.68. The normalized spacial score (nSPS) is 10.9. The number of nitrogens with one attached hydrogen (secondary N) is 2. The van der Waals surface area contributed by atoms with E-state index >= 15 is 0 Å². The molecular formula is C17H21N7OS. The van der Waals surface area contributed by atoms with Crippen LogP contribution < -0.4 is 10.6 Å². The molecule has 0 saturated carbocycles. The predicted octanol–water partition coefficient (Wildman–Crippen LogP) is 2.67. The lowest BCUT2D eigenvalue weighted by Crippen LogP contribution is -2.12. The fourth-order valence-electron chi connectivity index (χ4n) is 2.35. The van der Waals surface area contributed by atoms with Gasteiger partial charge in [-0.25, -0.2) is 4.40 Å². The minimum atomic E-state index is 0.0435. The van der Waals surface area contributed by atoms with Crippen molar-refractivity contribution in [3.8, 4) is 0 Å². The number of benzene rings is 1. The summed E-state index contributed by atoms with van der Waals surface area (Å²) in [5, 5.41) is 15.1. The molecule has 2 N–H and O–H groups in total. The first-order chi connectivity index (χ1) is 12.6. The van der Waals surface area contributed by atoms with Crippen LogP contribution in [0.25, 0.3) is 5.78 Å². The molecule has 2 aromatic heterocycles. The molecule has 2 heterocycles. The van der Waals surface area contributed by atoms with E-state index in [9.17, 15) is 4.79 Å². The number of carbonyl (C=O) groups is 1. The van der Waals surface area contributed by atoms with Gasteiger partial charge < -0.3 is 10.6 Å². The van der Waals surface area contributed by atoms with E-state index in [0.717, 1.165) is 5.56 Å². The zero-order valence-electron chi connectivity index (χ0n) is 15.0. The molecule has 0 spiro atoms. The highest BCUT2D eigenvalue weighted by Crippen LogP contribution is 2.22. The Morgan fingerprint density at radius 3 is 2.50 bits per heavy atom. The van der Waals surface area contributed by atoms with Gasteiger partial charge in [-0.2, -0.15) is 9.97 Å². The monoisotopic (exact) mass is 371 g/mol. The average molecular weight is 371 g/mol. The second-order valence-corrected chi connectivity index (χ2v) is 6.57. The molecule has 0 bridgehead atoms. The van der Waals surface area contributed by atoms with Gasteiger partial charge >= 0.3 is 0 Å². The highest BCUT2D eigenvalue weighted by Gasteiger charge is 2.16. The van der Waals surface area contributed by atoms with Crippen LogP contribution in [0.4, 0.5) is 11.9 Å². The van der Waals surface area contributed by atoms with Crippen molar-refractivity contribution in [1.82, 2.24) is 24.6 Å². The van der Waals surface area contributed by atoms with Crippen molar-refractivity contribution >= 4 is 35.2 Å². The molecule has 0 aliphatic rings. The third-order valence-electron chi connectivity index (χ3n) is 3.62. The molecule has 0 amide bonds. The molecule has 0 aliphatic heterocycles. The highest BCUT2D eigenvalue weighted by atomic mass is 32.2. The molecule has 0 radical (unpaired) electrons. The molecule has 0 unspecified atom stereocenters. The van der Waals surface area contributed by atoms with Crippen molar-refractivity contribution in [2.45, 2.75) is 25.9 Å². The van der Waals surface area contributed by atoms with Gasteiger partial charge in [-0.3, -0.25) is 4.79 Å². The third-order valence-corrected chi connectivity index (χ3v) is 4.55. The second kappa shape index (κ2) is 8.13. The van der Waals surface area contributed by atoms with Crippen LogP contribution in [-0.4, -0.2) is 49.2 Å². The fourth-order valence-corrected chi connectivity index (χ4v) is 3.17. The van der Waals surface area contributed by atoms with E-state index in [4.69, 9.17) is 0 Å². The van der Waals surface area contributed by atoms with Crippen molar-refractivity contribution in [3.05, 3.63) is 35.4 Å². The molecule has 26 heavy (non-hydrogen) atoms. The van der Waals surface area contributed by atoms with Crippen LogP contribution in [0.2, 0.25) is 0 Å². The largest absolute Gasteiger partial charge is 0.355 e. The first-order valence-corrected chi connectivity index (χ1v) is 9.44. The summed E-state index contributed by atoms with van der Waals surface area (Å²) in [5.41, 5.74) is 1.82. The number of hydrogen-bond acceptors (Lipinski definition) is 8. The second-order valence-electron chi connectivity index (χ2n) is 5.63. The van der Waals surface area contributed by atoms with Crippen LogP contribution >= 0.6 is 11.8 Å². The quantitative estimate of drug-likeness (QED) is 0.461. The molecule has 136 valence electrons. The summed E-state index contributed by atoms with van der Waals surface area (Å²) in [6.45, 7) is 7.36. The smallest absolute Gasteiger partial charge is 0.261 e. The summed E-state index contributed by atoms with van der Waals surface area (Å²) < 4.78 is 1.73. The van der Waals surface area contributed by atoms with E-state index < -0.39 is 0 Å². The van der Waals surface area contributed by atoms with Crippen LogP contribution in [0.1, 0.15) is 29.8 Å². The number of fused-ring (bicyclic) bond motifs is 1. The van der Waals surface area contributed by atoms with Gasteiger partial charge in [0.15, 0.2) is 10.9 Å². The zero-order valence-corrected chi connectivity index (χ0v) is 15.8. The van der Waals surface area contributed by atoms with Gasteiger partial charge in [-0.1, -0.05) is 41.6 Å². The number of hydrogen-bond donors (Lipinski definition) is 2. The molecule has 0 atom stereocenters. The van der Waals surface area contributed by atoms with E-state index in [1.165, 1.54) is 11.8 Å². The molecule has 0 fully saturated rings. The fraction of sp³-hybridized carbons (Fsp3) is 0.353. The maximum atomic E-state index is 12.4. The molecule has 0 saturated heterocycles. The number of anilines is 2. The molecule has 9 heteroatoms. The maximum Gasteiger partial charge on any atom is 0.261 e. The number of carbonyl (C=O) groups excluding carboxylic acids is 1. The van der Waals surface area contributed by atoms with Crippen molar-refractivity contribution in [2.75, 3.05) is 29.5 Å². The lowest BCUT2D eigenvalue weighted by atomic mass is 10.1. The number of rotatable bonds is 8. The van der Waals surface area contributed by atoms with Crippen LogP contribution in [-0.2, 0) is 0 Å². The maximum absolute atomic E-state index is 12.4. The number of Topliss-reactive ketones (excluding diaryl/α,β-unsaturated/α-hetero) is 1. The number of thioether (sulfide) groups is 1. The SMILES string of the molecule is CCNc1nc(NCC)n2c(SCC(=O)c3ccc(C)cc3)nnc2n1. The summed E-state index contributed by atoms with van der Waals surface area (Å²) in [7, 11) is 0. The standard InChI is InChI=1S/C17H21N7OS/c1-4-18-14-20-15(19-5-2)24-16(21-14)22-23-17(24)26-10-13(25)12-8-6-11(3)7-9-12/h6-9H,4-5,10H2,1-3H3,(H2,18,19,20,21,22). The summed E-state index contributed by atoms with van der Waals surface area (Å²) in [6.07, 6.45) is 0. The highest BCUT2D eigenvalue weighted by molar-refractivity contribution is 7.99. The van der Waals surface area contributed by atoms with E-state index in [2.05, 4.69) is 30.8 Å². The van der Waals surface area contributed by atoms with Crippen LogP contribution in [0.15, 0.2) is 29.4 Å². The van der Waals surface area contributed by atoms with Gasteiger partial charge in [-0.15, -0.1) is 10.2 Å². The van der Waals surface area contributed by atoms with Crippen LogP contribution in [0.5, 0.6) is 0 Å².